The lowest BCUT2D eigenvalue weighted by Crippen LogP contribution is -2.14. The molecular weight excluding hydrogens is 246 g/mol. The number of hydrogen-bond donors (Lipinski definition) is 1. The Labute approximate surface area is 120 Å². The highest BCUT2D eigenvalue weighted by atomic mass is 16.1. The van der Waals surface area contributed by atoms with Gasteiger partial charge in [-0.05, 0) is 23.1 Å². The third-order valence-corrected chi connectivity index (χ3v) is 3.30. The van der Waals surface area contributed by atoms with Crippen LogP contribution in [0.3, 0.4) is 0 Å². The summed E-state index contributed by atoms with van der Waals surface area (Å²) in [5.74, 6) is 0.102. The van der Waals surface area contributed by atoms with Crippen molar-refractivity contribution in [2.75, 3.05) is 11.9 Å². The molecule has 2 rings (SSSR count). The van der Waals surface area contributed by atoms with Gasteiger partial charge in [-0.25, -0.2) is 0 Å². The zero-order chi connectivity index (χ0) is 14.6. The van der Waals surface area contributed by atoms with E-state index in [0.29, 0.717) is 6.54 Å². The smallest absolute Gasteiger partial charge is 0.181 e. The second-order valence-electron chi connectivity index (χ2n) is 5.97. The van der Waals surface area contributed by atoms with Crippen molar-refractivity contribution in [3.8, 4) is 0 Å². The molecule has 1 N–H and O–H groups in total. The van der Waals surface area contributed by atoms with Crippen molar-refractivity contribution in [1.82, 2.24) is 0 Å². The molecular formula is C18H21NO. The van der Waals surface area contributed by atoms with Gasteiger partial charge in [0.2, 0.25) is 0 Å². The SMILES string of the molecule is CC(C)(C)c1ccc(NCC(=O)c2ccccc2)cc1. The van der Waals surface area contributed by atoms with Crippen molar-refractivity contribution in [2.24, 2.45) is 0 Å². The van der Waals surface area contributed by atoms with Crippen molar-refractivity contribution < 1.29 is 4.79 Å². The van der Waals surface area contributed by atoms with E-state index in [1.165, 1.54) is 5.56 Å². The van der Waals surface area contributed by atoms with Gasteiger partial charge in [0, 0.05) is 11.3 Å². The molecule has 2 aromatic rings. The van der Waals surface area contributed by atoms with E-state index in [1.54, 1.807) is 0 Å². The van der Waals surface area contributed by atoms with Crippen LogP contribution in [-0.4, -0.2) is 12.3 Å². The minimum atomic E-state index is 0.102. The summed E-state index contributed by atoms with van der Waals surface area (Å²) in [6.07, 6.45) is 0. The first-order valence-corrected chi connectivity index (χ1v) is 6.89. The molecule has 0 amide bonds. The van der Waals surface area contributed by atoms with Crippen LogP contribution in [0.2, 0.25) is 0 Å². The summed E-state index contributed by atoms with van der Waals surface area (Å²) in [7, 11) is 0. The molecule has 0 aliphatic rings. The molecule has 0 heterocycles. The van der Waals surface area contributed by atoms with E-state index in [9.17, 15) is 4.79 Å². The lowest BCUT2D eigenvalue weighted by atomic mass is 9.87. The third kappa shape index (κ3) is 3.70. The summed E-state index contributed by atoms with van der Waals surface area (Å²) in [6, 6.07) is 17.6. The lowest BCUT2D eigenvalue weighted by molar-refractivity contribution is 0.101. The van der Waals surface area contributed by atoms with Gasteiger partial charge in [0.25, 0.3) is 0 Å². The van der Waals surface area contributed by atoms with Crippen LogP contribution in [0.4, 0.5) is 5.69 Å². The number of rotatable bonds is 4. The van der Waals surface area contributed by atoms with Gasteiger partial charge in [-0.1, -0.05) is 63.2 Å². The molecule has 0 bridgehead atoms. The van der Waals surface area contributed by atoms with Crippen LogP contribution in [0, 0.1) is 0 Å². The van der Waals surface area contributed by atoms with Crippen molar-refractivity contribution >= 4 is 11.5 Å². The van der Waals surface area contributed by atoms with E-state index in [4.69, 9.17) is 0 Å². The molecule has 2 nitrogen and oxygen atoms in total. The van der Waals surface area contributed by atoms with Gasteiger partial charge in [-0.15, -0.1) is 0 Å². The van der Waals surface area contributed by atoms with E-state index in [1.807, 2.05) is 42.5 Å². The van der Waals surface area contributed by atoms with Gasteiger partial charge in [0.1, 0.15) is 0 Å². The second kappa shape index (κ2) is 5.91. The molecule has 104 valence electrons. The van der Waals surface area contributed by atoms with E-state index in [-0.39, 0.29) is 11.2 Å². The molecule has 20 heavy (non-hydrogen) atoms. The molecule has 0 saturated heterocycles. The Bertz CT molecular complexity index is 565. The zero-order valence-corrected chi connectivity index (χ0v) is 12.3. The van der Waals surface area contributed by atoms with Gasteiger partial charge in [0.15, 0.2) is 5.78 Å². The molecule has 0 aliphatic heterocycles. The average Bonchev–Trinajstić information content (AvgIpc) is 2.45. The van der Waals surface area contributed by atoms with Crippen LogP contribution in [0.15, 0.2) is 54.6 Å². The molecule has 2 aromatic carbocycles. The van der Waals surface area contributed by atoms with Crippen LogP contribution in [-0.2, 0) is 5.41 Å². The van der Waals surface area contributed by atoms with Gasteiger partial charge >= 0.3 is 0 Å². The van der Waals surface area contributed by atoms with E-state index in [2.05, 4.69) is 38.2 Å². The fourth-order valence-electron chi connectivity index (χ4n) is 2.00. The Balaban J connectivity index is 1.96. The first-order valence-electron chi connectivity index (χ1n) is 6.89. The normalized spacial score (nSPS) is 11.2. The highest BCUT2D eigenvalue weighted by molar-refractivity contribution is 5.98. The van der Waals surface area contributed by atoms with Crippen molar-refractivity contribution in [3.63, 3.8) is 0 Å². The van der Waals surface area contributed by atoms with Crippen LogP contribution in [0.25, 0.3) is 0 Å². The summed E-state index contributed by atoms with van der Waals surface area (Å²) >= 11 is 0. The lowest BCUT2D eigenvalue weighted by Gasteiger charge is -2.19. The molecule has 0 fully saturated rings. The van der Waals surface area contributed by atoms with Gasteiger partial charge < -0.3 is 5.32 Å². The zero-order valence-electron chi connectivity index (χ0n) is 12.3. The largest absolute Gasteiger partial charge is 0.378 e. The molecule has 0 spiro atoms. The summed E-state index contributed by atoms with van der Waals surface area (Å²) in [5.41, 5.74) is 3.16. The Morgan fingerprint density at radius 1 is 0.950 bits per heavy atom. The first-order chi connectivity index (χ1) is 9.47. The molecule has 0 atom stereocenters. The topological polar surface area (TPSA) is 29.1 Å². The quantitative estimate of drug-likeness (QED) is 0.838. The summed E-state index contributed by atoms with van der Waals surface area (Å²) < 4.78 is 0. The number of carbonyl (C=O) groups is 1. The number of anilines is 1. The molecule has 0 radical (unpaired) electrons. The third-order valence-electron chi connectivity index (χ3n) is 3.30. The standard InChI is InChI=1S/C18H21NO/c1-18(2,3)15-9-11-16(12-10-15)19-13-17(20)14-7-5-4-6-8-14/h4-12,19H,13H2,1-3H3. The predicted molar refractivity (Wildman–Crippen MR) is 84.4 cm³/mol. The first kappa shape index (κ1) is 14.3. The Morgan fingerprint density at radius 2 is 1.55 bits per heavy atom. The fourth-order valence-corrected chi connectivity index (χ4v) is 2.00. The highest BCUT2D eigenvalue weighted by Gasteiger charge is 2.12. The van der Waals surface area contributed by atoms with Crippen molar-refractivity contribution in [3.05, 3.63) is 65.7 Å². The fraction of sp³-hybridized carbons (Fsp3) is 0.278. The summed E-state index contributed by atoms with van der Waals surface area (Å²) in [4.78, 5) is 12.0. The van der Waals surface area contributed by atoms with Gasteiger partial charge in [-0.2, -0.15) is 0 Å². The predicted octanol–water partition coefficient (Wildman–Crippen LogP) is 4.28. The van der Waals surface area contributed by atoms with E-state index < -0.39 is 0 Å². The van der Waals surface area contributed by atoms with Crippen LogP contribution in [0.1, 0.15) is 36.7 Å². The second-order valence-corrected chi connectivity index (χ2v) is 5.97. The highest BCUT2D eigenvalue weighted by Crippen LogP contribution is 2.23. The van der Waals surface area contributed by atoms with E-state index in [0.717, 1.165) is 11.3 Å². The Hall–Kier alpha value is -2.09. The Kier molecular flexibility index (Phi) is 4.23. The molecule has 0 aliphatic carbocycles. The van der Waals surface area contributed by atoms with Crippen LogP contribution >= 0.6 is 0 Å². The minimum Gasteiger partial charge on any atom is -0.378 e. The average molecular weight is 267 g/mol. The van der Waals surface area contributed by atoms with E-state index >= 15 is 0 Å². The number of carbonyl (C=O) groups excluding carboxylic acids is 1. The monoisotopic (exact) mass is 267 g/mol. The van der Waals surface area contributed by atoms with Crippen molar-refractivity contribution in [2.45, 2.75) is 26.2 Å². The molecule has 2 heteroatoms. The number of nitrogens with one attached hydrogen (secondary N) is 1. The number of hydrogen-bond acceptors (Lipinski definition) is 2. The van der Waals surface area contributed by atoms with Gasteiger partial charge in [-0.3, -0.25) is 4.79 Å². The molecule has 0 saturated carbocycles. The van der Waals surface area contributed by atoms with Crippen LogP contribution < -0.4 is 5.32 Å². The minimum absolute atomic E-state index is 0.102. The number of benzene rings is 2. The molecule has 0 unspecified atom stereocenters. The maximum absolute atomic E-state index is 12.0. The Morgan fingerprint density at radius 3 is 2.10 bits per heavy atom. The van der Waals surface area contributed by atoms with Crippen LogP contribution in [0.5, 0.6) is 0 Å². The van der Waals surface area contributed by atoms with Gasteiger partial charge in [0.05, 0.1) is 6.54 Å². The maximum Gasteiger partial charge on any atom is 0.181 e. The summed E-state index contributed by atoms with van der Waals surface area (Å²) in [6.45, 7) is 6.88. The number of Topliss-reactive ketones (excluding diaryl/α,β-unsaturated/α-hetero) is 1. The number of ketones is 1. The summed E-state index contributed by atoms with van der Waals surface area (Å²) in [5, 5.41) is 3.17. The van der Waals surface area contributed by atoms with Crippen molar-refractivity contribution in [1.29, 1.82) is 0 Å². The maximum atomic E-state index is 12.0. The molecule has 0 aromatic heterocycles.